The molecule has 1 aliphatic rings. The first-order valence-electron chi connectivity index (χ1n) is 5.03. The first-order chi connectivity index (χ1) is 7.69. The van der Waals surface area contributed by atoms with Crippen molar-refractivity contribution in [2.75, 3.05) is 27.8 Å². The van der Waals surface area contributed by atoms with Crippen molar-refractivity contribution in [2.45, 2.75) is 24.7 Å². The molecule has 1 aliphatic carbocycles. The van der Waals surface area contributed by atoms with Crippen LogP contribution >= 0.6 is 15.9 Å². The first-order valence-corrected chi connectivity index (χ1v) is 5.82. The highest BCUT2D eigenvalue weighted by Crippen LogP contribution is 2.26. The maximum atomic E-state index is 5.91. The van der Waals surface area contributed by atoms with Gasteiger partial charge in [0.1, 0.15) is 19.7 Å². The van der Waals surface area contributed by atoms with Crippen LogP contribution in [-0.2, 0) is 18.9 Å². The Morgan fingerprint density at radius 3 is 2.56 bits per heavy atom. The highest BCUT2D eigenvalue weighted by Gasteiger charge is 2.30. The SMILES string of the molecule is COCO[C@H]1C[C@@H](N)C(Br)=C[C@H]1OCOC. The molecule has 1 rings (SSSR count). The third-order valence-corrected chi connectivity index (χ3v) is 3.16. The van der Waals surface area contributed by atoms with Gasteiger partial charge in [-0.15, -0.1) is 0 Å². The minimum absolute atomic E-state index is 0.0516. The van der Waals surface area contributed by atoms with Crippen LogP contribution in [0.1, 0.15) is 6.42 Å². The molecule has 0 radical (unpaired) electrons. The van der Waals surface area contributed by atoms with Crippen LogP contribution < -0.4 is 5.73 Å². The number of nitrogens with two attached hydrogens (primary N) is 1. The molecule has 0 saturated carbocycles. The average Bonchev–Trinajstić information content (AvgIpc) is 2.28. The van der Waals surface area contributed by atoms with Gasteiger partial charge >= 0.3 is 0 Å². The van der Waals surface area contributed by atoms with Gasteiger partial charge in [0.2, 0.25) is 0 Å². The Balaban J connectivity index is 2.56. The normalized spacial score (nSPS) is 30.2. The standard InChI is InChI=1S/C10H18BrNO4/c1-13-5-15-9-3-7(11)8(12)4-10(9)16-6-14-2/h3,8-10H,4-6,12H2,1-2H3/t8-,9-,10+/m1/s1. The summed E-state index contributed by atoms with van der Waals surface area (Å²) < 4.78 is 21.7. The molecule has 16 heavy (non-hydrogen) atoms. The number of hydrogen-bond acceptors (Lipinski definition) is 5. The number of rotatable bonds is 6. The van der Waals surface area contributed by atoms with Gasteiger partial charge in [-0.25, -0.2) is 0 Å². The van der Waals surface area contributed by atoms with E-state index in [4.69, 9.17) is 24.7 Å². The van der Waals surface area contributed by atoms with E-state index in [1.54, 1.807) is 14.2 Å². The van der Waals surface area contributed by atoms with Gasteiger partial charge < -0.3 is 24.7 Å². The highest BCUT2D eigenvalue weighted by molar-refractivity contribution is 9.11. The van der Waals surface area contributed by atoms with E-state index in [2.05, 4.69) is 15.9 Å². The van der Waals surface area contributed by atoms with Gasteiger partial charge in [-0.2, -0.15) is 0 Å². The quantitative estimate of drug-likeness (QED) is 0.740. The molecule has 0 unspecified atom stereocenters. The lowest BCUT2D eigenvalue weighted by Crippen LogP contribution is -2.41. The molecule has 0 aromatic heterocycles. The van der Waals surface area contributed by atoms with Crippen molar-refractivity contribution in [3.05, 3.63) is 10.6 Å². The lowest BCUT2D eigenvalue weighted by Gasteiger charge is -2.31. The van der Waals surface area contributed by atoms with E-state index in [0.29, 0.717) is 6.42 Å². The van der Waals surface area contributed by atoms with Gasteiger partial charge in [0.05, 0.1) is 6.10 Å². The van der Waals surface area contributed by atoms with E-state index in [1.165, 1.54) is 0 Å². The zero-order valence-corrected chi connectivity index (χ0v) is 11.1. The van der Waals surface area contributed by atoms with E-state index in [-0.39, 0.29) is 31.8 Å². The predicted octanol–water partition coefficient (Wildman–Crippen LogP) is 0.974. The van der Waals surface area contributed by atoms with E-state index >= 15 is 0 Å². The maximum absolute atomic E-state index is 5.91. The molecule has 0 fully saturated rings. The van der Waals surface area contributed by atoms with Crippen LogP contribution in [0.3, 0.4) is 0 Å². The van der Waals surface area contributed by atoms with Crippen molar-refractivity contribution in [3.63, 3.8) is 0 Å². The van der Waals surface area contributed by atoms with Gasteiger partial charge in [-0.1, -0.05) is 15.9 Å². The van der Waals surface area contributed by atoms with E-state index in [0.717, 1.165) is 4.48 Å². The van der Waals surface area contributed by atoms with Crippen LogP contribution in [0.25, 0.3) is 0 Å². The summed E-state index contributed by atoms with van der Waals surface area (Å²) in [6, 6.07) is -0.0516. The molecule has 0 amide bonds. The summed E-state index contributed by atoms with van der Waals surface area (Å²) in [6.07, 6.45) is 2.33. The molecule has 3 atom stereocenters. The second kappa shape index (κ2) is 7.37. The monoisotopic (exact) mass is 295 g/mol. The van der Waals surface area contributed by atoms with Gasteiger partial charge in [0.25, 0.3) is 0 Å². The fraction of sp³-hybridized carbons (Fsp3) is 0.800. The van der Waals surface area contributed by atoms with Crippen LogP contribution in [0.4, 0.5) is 0 Å². The van der Waals surface area contributed by atoms with Crippen molar-refractivity contribution < 1.29 is 18.9 Å². The Morgan fingerprint density at radius 1 is 1.31 bits per heavy atom. The smallest absolute Gasteiger partial charge is 0.147 e. The summed E-state index contributed by atoms with van der Waals surface area (Å²) in [7, 11) is 3.16. The minimum Gasteiger partial charge on any atom is -0.359 e. The van der Waals surface area contributed by atoms with Gasteiger partial charge in [-0.3, -0.25) is 0 Å². The Morgan fingerprint density at radius 2 is 1.94 bits per heavy atom. The van der Waals surface area contributed by atoms with Crippen molar-refractivity contribution in [1.82, 2.24) is 0 Å². The van der Waals surface area contributed by atoms with Crippen LogP contribution in [0.5, 0.6) is 0 Å². The third-order valence-electron chi connectivity index (χ3n) is 2.31. The molecular formula is C10H18BrNO4. The van der Waals surface area contributed by atoms with Crippen molar-refractivity contribution in [2.24, 2.45) is 5.73 Å². The predicted molar refractivity (Wildman–Crippen MR) is 63.1 cm³/mol. The molecule has 0 saturated heterocycles. The summed E-state index contributed by atoms with van der Waals surface area (Å²) in [5.74, 6) is 0. The topological polar surface area (TPSA) is 62.9 Å². The molecule has 94 valence electrons. The van der Waals surface area contributed by atoms with E-state index in [9.17, 15) is 0 Å². The molecule has 0 aromatic carbocycles. The van der Waals surface area contributed by atoms with Gasteiger partial charge in [-0.05, 0) is 12.5 Å². The molecular weight excluding hydrogens is 278 g/mol. The van der Waals surface area contributed by atoms with E-state index < -0.39 is 0 Å². The Labute approximate surface area is 104 Å². The van der Waals surface area contributed by atoms with Crippen LogP contribution in [0.15, 0.2) is 10.6 Å². The van der Waals surface area contributed by atoms with Gasteiger partial charge in [0, 0.05) is 24.7 Å². The number of halogens is 1. The Hall–Kier alpha value is 0.0200. The molecule has 0 spiro atoms. The number of hydrogen-bond donors (Lipinski definition) is 1. The maximum Gasteiger partial charge on any atom is 0.147 e. The Kier molecular flexibility index (Phi) is 6.48. The second-order valence-electron chi connectivity index (χ2n) is 3.54. The minimum atomic E-state index is -0.163. The molecule has 0 aromatic rings. The molecule has 6 heteroatoms. The summed E-state index contributed by atoms with van der Waals surface area (Å²) in [5, 5.41) is 0. The first kappa shape index (κ1) is 14.1. The fourth-order valence-corrected chi connectivity index (χ4v) is 1.95. The summed E-state index contributed by atoms with van der Waals surface area (Å²) in [4.78, 5) is 0. The average molecular weight is 296 g/mol. The molecule has 5 nitrogen and oxygen atoms in total. The van der Waals surface area contributed by atoms with Crippen LogP contribution in [-0.4, -0.2) is 46.1 Å². The van der Waals surface area contributed by atoms with Crippen molar-refractivity contribution in [3.8, 4) is 0 Å². The summed E-state index contributed by atoms with van der Waals surface area (Å²) >= 11 is 3.41. The molecule has 0 bridgehead atoms. The van der Waals surface area contributed by atoms with Crippen molar-refractivity contribution in [1.29, 1.82) is 0 Å². The highest BCUT2D eigenvalue weighted by atomic mass is 79.9. The molecule has 0 aliphatic heterocycles. The number of ether oxygens (including phenoxy) is 4. The zero-order valence-electron chi connectivity index (χ0n) is 9.52. The second-order valence-corrected chi connectivity index (χ2v) is 4.46. The molecule has 2 N–H and O–H groups in total. The lowest BCUT2D eigenvalue weighted by atomic mass is 9.98. The number of methoxy groups -OCH3 is 2. The fourth-order valence-electron chi connectivity index (χ4n) is 1.51. The third kappa shape index (κ3) is 4.12. The summed E-state index contributed by atoms with van der Waals surface area (Å²) in [5.41, 5.74) is 5.91. The van der Waals surface area contributed by atoms with E-state index in [1.807, 2.05) is 6.08 Å². The van der Waals surface area contributed by atoms with Gasteiger partial charge in [0.15, 0.2) is 0 Å². The lowest BCUT2D eigenvalue weighted by molar-refractivity contribution is -0.147. The van der Waals surface area contributed by atoms with Crippen LogP contribution in [0.2, 0.25) is 0 Å². The zero-order chi connectivity index (χ0) is 12.0. The largest absolute Gasteiger partial charge is 0.359 e. The van der Waals surface area contributed by atoms with Crippen molar-refractivity contribution >= 4 is 15.9 Å². The van der Waals surface area contributed by atoms with Crippen LogP contribution in [0, 0.1) is 0 Å². The Bertz CT molecular complexity index is 237. The molecule has 0 heterocycles. The summed E-state index contributed by atoms with van der Waals surface area (Å²) in [6.45, 7) is 0.458.